The number of hydrogen-bond donors (Lipinski definition) is 3. The Balaban J connectivity index is 1.70. The SMILES string of the molecule is CC(NC(=O)CCC/C=C\C[C@@H]1[C@@H](/C=C/C(F)(F)COc2ccccc2)[C@H](O)C[C@@H]1O)C(=O)OCCCO[N+](=O)[O-]. The van der Waals surface area contributed by atoms with Crippen LogP contribution >= 0.6 is 0 Å². The molecule has 0 aliphatic heterocycles. The van der Waals surface area contributed by atoms with Gasteiger partial charge in [-0.15, -0.1) is 10.1 Å². The summed E-state index contributed by atoms with van der Waals surface area (Å²) in [5, 5.41) is 32.3. The van der Waals surface area contributed by atoms with Crippen molar-refractivity contribution >= 4 is 11.9 Å². The van der Waals surface area contributed by atoms with Crippen molar-refractivity contribution in [3.05, 3.63) is 64.8 Å². The number of carbonyl (C=O) groups is 2. The fourth-order valence-corrected chi connectivity index (χ4v) is 4.32. The Bertz CT molecular complexity index is 1020. The highest BCUT2D eigenvalue weighted by Crippen LogP contribution is 2.37. The van der Waals surface area contributed by atoms with Crippen molar-refractivity contribution < 1.29 is 48.0 Å². The van der Waals surface area contributed by atoms with Gasteiger partial charge < -0.3 is 29.8 Å². The quantitative estimate of drug-likeness (QED) is 0.0774. The number of rotatable bonds is 18. The number of nitrogens with one attached hydrogen (secondary N) is 1. The van der Waals surface area contributed by atoms with E-state index in [9.17, 15) is 38.7 Å². The number of aliphatic hydroxyl groups excluding tert-OH is 2. The number of allylic oxidation sites excluding steroid dienone is 2. The van der Waals surface area contributed by atoms with Gasteiger partial charge in [0.25, 0.3) is 11.0 Å². The highest BCUT2D eigenvalue weighted by molar-refractivity contribution is 5.84. The second kappa shape index (κ2) is 17.3. The van der Waals surface area contributed by atoms with E-state index in [4.69, 9.17) is 9.47 Å². The molecule has 1 aromatic rings. The summed E-state index contributed by atoms with van der Waals surface area (Å²) >= 11 is 0. The Kier molecular flexibility index (Phi) is 14.2. The van der Waals surface area contributed by atoms with Gasteiger partial charge in [0.2, 0.25) is 5.91 Å². The molecule has 0 aromatic heterocycles. The molecule has 1 aliphatic carbocycles. The van der Waals surface area contributed by atoms with Gasteiger partial charge in [-0.25, -0.2) is 4.79 Å². The Hall–Kier alpha value is -3.58. The molecule has 228 valence electrons. The molecule has 0 heterocycles. The Morgan fingerprint density at radius 3 is 2.61 bits per heavy atom. The maximum absolute atomic E-state index is 14.3. The van der Waals surface area contributed by atoms with E-state index in [1.165, 1.54) is 13.0 Å². The van der Waals surface area contributed by atoms with Crippen molar-refractivity contribution in [2.75, 3.05) is 19.8 Å². The van der Waals surface area contributed by atoms with Crippen LogP contribution in [0.1, 0.15) is 45.4 Å². The summed E-state index contributed by atoms with van der Waals surface area (Å²) in [5.74, 6) is -5.04. The van der Waals surface area contributed by atoms with Crippen LogP contribution < -0.4 is 10.1 Å². The molecule has 1 saturated carbocycles. The minimum absolute atomic E-state index is 0.0772. The summed E-state index contributed by atoms with van der Waals surface area (Å²) in [7, 11) is 0. The fourth-order valence-electron chi connectivity index (χ4n) is 4.32. The molecule has 41 heavy (non-hydrogen) atoms. The van der Waals surface area contributed by atoms with Crippen LogP contribution in [-0.2, 0) is 19.2 Å². The molecule has 2 rings (SSSR count). The van der Waals surface area contributed by atoms with Crippen LogP contribution in [0.3, 0.4) is 0 Å². The molecule has 0 spiro atoms. The summed E-state index contributed by atoms with van der Waals surface area (Å²) < 4.78 is 38.8. The van der Waals surface area contributed by atoms with Crippen LogP contribution in [0.25, 0.3) is 0 Å². The summed E-state index contributed by atoms with van der Waals surface area (Å²) in [6.07, 6.45) is 5.56. The normalized spacial score (nSPS) is 21.6. The molecular weight excluding hydrogens is 546 g/mol. The highest BCUT2D eigenvalue weighted by Gasteiger charge is 2.40. The number of unbranched alkanes of at least 4 members (excludes halogenated alkanes) is 1. The minimum Gasteiger partial charge on any atom is -0.487 e. The second-order valence-electron chi connectivity index (χ2n) is 9.80. The van der Waals surface area contributed by atoms with Gasteiger partial charge in [-0.2, -0.15) is 8.78 Å². The lowest BCUT2D eigenvalue weighted by Crippen LogP contribution is -2.39. The van der Waals surface area contributed by atoms with Gasteiger partial charge in [-0.1, -0.05) is 36.4 Å². The summed E-state index contributed by atoms with van der Waals surface area (Å²) in [4.78, 5) is 38.1. The Morgan fingerprint density at radius 2 is 1.90 bits per heavy atom. The largest absolute Gasteiger partial charge is 0.487 e. The molecule has 11 nitrogen and oxygen atoms in total. The van der Waals surface area contributed by atoms with Crippen LogP contribution in [0, 0.1) is 22.0 Å². The number of amides is 1. The Morgan fingerprint density at radius 1 is 1.17 bits per heavy atom. The molecule has 1 aliphatic rings. The zero-order valence-corrected chi connectivity index (χ0v) is 22.9. The van der Waals surface area contributed by atoms with Crippen molar-refractivity contribution in [3.8, 4) is 5.75 Å². The van der Waals surface area contributed by atoms with Crippen LogP contribution in [0.5, 0.6) is 5.75 Å². The van der Waals surface area contributed by atoms with Crippen molar-refractivity contribution in [1.29, 1.82) is 0 Å². The van der Waals surface area contributed by atoms with Gasteiger partial charge in [0.05, 0.1) is 25.4 Å². The first-order valence-corrected chi connectivity index (χ1v) is 13.5. The van der Waals surface area contributed by atoms with E-state index in [0.29, 0.717) is 25.0 Å². The molecule has 0 bridgehead atoms. The number of nitrogens with zero attached hydrogens (tertiary/aromatic N) is 1. The predicted octanol–water partition coefficient (Wildman–Crippen LogP) is 3.38. The number of esters is 1. The first-order chi connectivity index (χ1) is 19.5. The lowest BCUT2D eigenvalue weighted by atomic mass is 9.89. The number of halogens is 2. The third kappa shape index (κ3) is 13.1. The maximum atomic E-state index is 14.3. The van der Waals surface area contributed by atoms with Gasteiger partial charge in [0.15, 0.2) is 6.61 Å². The van der Waals surface area contributed by atoms with E-state index in [-0.39, 0.29) is 38.4 Å². The number of benzene rings is 1. The van der Waals surface area contributed by atoms with Crippen molar-refractivity contribution in [1.82, 2.24) is 5.32 Å². The first-order valence-electron chi connectivity index (χ1n) is 13.5. The van der Waals surface area contributed by atoms with Crippen LogP contribution in [0.4, 0.5) is 8.78 Å². The molecule has 1 unspecified atom stereocenters. The maximum Gasteiger partial charge on any atom is 0.328 e. The Labute approximate surface area is 237 Å². The number of ether oxygens (including phenoxy) is 2. The molecule has 13 heteroatoms. The van der Waals surface area contributed by atoms with Gasteiger partial charge in [0, 0.05) is 25.2 Å². The fraction of sp³-hybridized carbons (Fsp3) is 0.571. The summed E-state index contributed by atoms with van der Waals surface area (Å²) in [5.41, 5.74) is 0. The van der Waals surface area contributed by atoms with E-state index in [1.54, 1.807) is 36.4 Å². The highest BCUT2D eigenvalue weighted by atomic mass is 19.3. The zero-order chi connectivity index (χ0) is 30.3. The third-order valence-electron chi connectivity index (χ3n) is 6.46. The smallest absolute Gasteiger partial charge is 0.328 e. The van der Waals surface area contributed by atoms with E-state index < -0.39 is 53.7 Å². The number of carbonyl (C=O) groups excluding carboxylic acids is 2. The molecule has 0 saturated heterocycles. The molecule has 1 aromatic carbocycles. The van der Waals surface area contributed by atoms with Crippen molar-refractivity contribution in [2.45, 2.75) is 69.6 Å². The molecule has 1 amide bonds. The number of hydrogen-bond acceptors (Lipinski definition) is 9. The summed E-state index contributed by atoms with van der Waals surface area (Å²) in [6, 6.07) is 7.38. The molecule has 3 N–H and O–H groups in total. The standard InChI is InChI=1S/C28H38F2N2O9/c1-20(27(36)39-16-9-17-41-32(37)38)31-26(35)13-8-3-2-7-12-22-23(25(34)18-24(22)33)14-15-28(29,30)19-40-21-10-5-4-6-11-21/h2,4-7,10-11,14-15,20,22-25,33-34H,3,8-9,12-13,16-19H2,1H3,(H,31,35)/b7-2-,15-14+/t20?,22-,23-,24+,25-/m1/s1. The molecular formula is C28H38F2N2O9. The number of aliphatic hydroxyl groups is 2. The van der Waals surface area contributed by atoms with Crippen LogP contribution in [0.15, 0.2) is 54.6 Å². The van der Waals surface area contributed by atoms with Gasteiger partial charge in [-0.05, 0) is 50.3 Å². The number of para-hydroxylation sites is 1. The minimum atomic E-state index is -3.26. The predicted molar refractivity (Wildman–Crippen MR) is 143 cm³/mol. The van der Waals surface area contributed by atoms with Crippen LogP contribution in [-0.4, -0.2) is 71.2 Å². The second-order valence-corrected chi connectivity index (χ2v) is 9.80. The van der Waals surface area contributed by atoms with E-state index in [0.717, 1.165) is 6.08 Å². The third-order valence-corrected chi connectivity index (χ3v) is 6.46. The molecule has 0 radical (unpaired) electrons. The van der Waals surface area contributed by atoms with E-state index in [1.807, 2.05) is 6.08 Å². The summed E-state index contributed by atoms with van der Waals surface area (Å²) in [6.45, 7) is 0.337. The molecule has 1 fully saturated rings. The monoisotopic (exact) mass is 584 g/mol. The van der Waals surface area contributed by atoms with Crippen molar-refractivity contribution in [3.63, 3.8) is 0 Å². The average molecular weight is 585 g/mol. The van der Waals surface area contributed by atoms with Gasteiger partial charge >= 0.3 is 5.97 Å². The topological polar surface area (TPSA) is 157 Å². The van der Waals surface area contributed by atoms with Gasteiger partial charge in [0.1, 0.15) is 11.8 Å². The lowest BCUT2D eigenvalue weighted by Gasteiger charge is -2.20. The molecule has 5 atom stereocenters. The number of alkyl halides is 2. The van der Waals surface area contributed by atoms with Crippen LogP contribution in [0.2, 0.25) is 0 Å². The van der Waals surface area contributed by atoms with E-state index in [2.05, 4.69) is 10.2 Å². The first kappa shape index (κ1) is 33.6. The average Bonchev–Trinajstić information content (AvgIpc) is 3.19. The zero-order valence-electron chi connectivity index (χ0n) is 22.9. The van der Waals surface area contributed by atoms with Gasteiger partial charge in [-0.3, -0.25) is 4.79 Å². The van der Waals surface area contributed by atoms with E-state index >= 15 is 0 Å². The van der Waals surface area contributed by atoms with Crippen molar-refractivity contribution in [2.24, 2.45) is 11.8 Å². The lowest BCUT2D eigenvalue weighted by molar-refractivity contribution is -0.757.